The van der Waals surface area contributed by atoms with Gasteiger partial charge in [0.05, 0.1) is 5.41 Å². The second kappa shape index (κ2) is 4.66. The van der Waals surface area contributed by atoms with E-state index in [9.17, 15) is 14.4 Å². The number of benzene rings is 1. The molecule has 1 N–H and O–H groups in total. The average Bonchev–Trinajstić information content (AvgIpc) is 2.78. The lowest BCUT2D eigenvalue weighted by Gasteiger charge is -2.35. The van der Waals surface area contributed by atoms with Crippen LogP contribution >= 0.6 is 0 Å². The largest absolute Gasteiger partial charge is 0.448 e. The number of hydrogen-bond donors (Lipinski definition) is 1. The molecular weight excluding hydrogens is 294 g/mol. The summed E-state index contributed by atoms with van der Waals surface area (Å²) in [4.78, 5) is 36.4. The molecule has 2 fully saturated rings. The summed E-state index contributed by atoms with van der Waals surface area (Å²) in [6.07, 6.45) is 1.18. The first-order valence-electron chi connectivity index (χ1n) is 7.80. The number of ether oxygens (including phenoxy) is 1. The Hall–Kier alpha value is -2.17. The van der Waals surface area contributed by atoms with Gasteiger partial charge in [-0.1, -0.05) is 13.8 Å². The Bertz CT molecular complexity index is 706. The van der Waals surface area contributed by atoms with Gasteiger partial charge in [0, 0.05) is 16.7 Å². The predicted molar refractivity (Wildman–Crippen MR) is 85.0 cm³/mol. The molecule has 0 spiro atoms. The molecule has 0 aromatic heterocycles. The Morgan fingerprint density at radius 3 is 2.13 bits per heavy atom. The van der Waals surface area contributed by atoms with Crippen molar-refractivity contribution in [3.8, 4) is 0 Å². The van der Waals surface area contributed by atoms with Gasteiger partial charge in [0.1, 0.15) is 0 Å². The monoisotopic (exact) mass is 315 g/mol. The van der Waals surface area contributed by atoms with Gasteiger partial charge in [0.15, 0.2) is 11.4 Å². The Morgan fingerprint density at radius 2 is 1.70 bits per heavy atom. The molecule has 1 aliphatic heterocycles. The first-order chi connectivity index (χ1) is 10.6. The third-order valence-electron chi connectivity index (χ3n) is 6.00. The average molecular weight is 315 g/mol. The number of esters is 1. The van der Waals surface area contributed by atoms with E-state index < -0.39 is 16.4 Å². The first-order valence-corrected chi connectivity index (χ1v) is 7.80. The van der Waals surface area contributed by atoms with Crippen molar-refractivity contribution in [2.45, 2.75) is 46.1 Å². The number of Topliss-reactive ketones (excluding diaryl/α,β-unsaturated/α-hetero) is 1. The van der Waals surface area contributed by atoms with Gasteiger partial charge >= 0.3 is 5.97 Å². The van der Waals surface area contributed by atoms with Gasteiger partial charge in [-0.3, -0.25) is 14.4 Å². The van der Waals surface area contributed by atoms with Crippen molar-refractivity contribution in [3.05, 3.63) is 29.8 Å². The molecule has 1 aromatic rings. The Labute approximate surface area is 135 Å². The molecule has 1 amide bonds. The van der Waals surface area contributed by atoms with Crippen LogP contribution in [0.25, 0.3) is 0 Å². The van der Waals surface area contributed by atoms with Crippen LogP contribution in [0.4, 0.5) is 5.69 Å². The van der Waals surface area contributed by atoms with Gasteiger partial charge in [-0.25, -0.2) is 0 Å². The minimum atomic E-state index is -1.13. The van der Waals surface area contributed by atoms with Gasteiger partial charge in [-0.2, -0.15) is 0 Å². The van der Waals surface area contributed by atoms with E-state index in [0.717, 1.165) is 0 Å². The summed E-state index contributed by atoms with van der Waals surface area (Å²) in [5, 5.41) is 2.83. The van der Waals surface area contributed by atoms with Gasteiger partial charge in [0.25, 0.3) is 5.91 Å². The number of rotatable bonds is 3. The molecule has 2 atom stereocenters. The quantitative estimate of drug-likeness (QED) is 0.687. The van der Waals surface area contributed by atoms with E-state index in [1.807, 2.05) is 20.8 Å². The second-order valence-electron chi connectivity index (χ2n) is 7.26. The van der Waals surface area contributed by atoms with Gasteiger partial charge in [0.2, 0.25) is 0 Å². The summed E-state index contributed by atoms with van der Waals surface area (Å²) in [6.45, 7) is 7.21. The summed E-state index contributed by atoms with van der Waals surface area (Å²) >= 11 is 0. The predicted octanol–water partition coefficient (Wildman–Crippen LogP) is 2.95. The molecule has 1 saturated carbocycles. The van der Waals surface area contributed by atoms with Crippen LogP contribution in [0.15, 0.2) is 24.3 Å². The van der Waals surface area contributed by atoms with E-state index in [2.05, 4.69) is 5.32 Å². The molecule has 122 valence electrons. The van der Waals surface area contributed by atoms with E-state index >= 15 is 0 Å². The molecular formula is C18H21NO4. The molecule has 5 nitrogen and oxygen atoms in total. The van der Waals surface area contributed by atoms with Crippen LogP contribution in [0, 0.1) is 10.8 Å². The number of carbonyl (C=O) groups excluding carboxylic acids is 3. The number of hydrogen-bond acceptors (Lipinski definition) is 4. The van der Waals surface area contributed by atoms with Crippen LogP contribution in [0.5, 0.6) is 0 Å². The zero-order valence-electron chi connectivity index (χ0n) is 13.9. The van der Waals surface area contributed by atoms with Crippen LogP contribution in [-0.4, -0.2) is 23.3 Å². The molecule has 2 aliphatic rings. The van der Waals surface area contributed by atoms with E-state index in [1.54, 1.807) is 24.3 Å². The van der Waals surface area contributed by atoms with Crippen LogP contribution in [-0.2, 0) is 14.3 Å². The molecule has 23 heavy (non-hydrogen) atoms. The van der Waals surface area contributed by atoms with Gasteiger partial charge in [-0.05, 0) is 51.0 Å². The molecule has 0 unspecified atom stereocenters. The second-order valence-corrected chi connectivity index (χ2v) is 7.26. The lowest BCUT2D eigenvalue weighted by atomic mass is 9.66. The van der Waals surface area contributed by atoms with Crippen LogP contribution in [0.2, 0.25) is 0 Å². The number of fused-ring (bicyclic) bond motifs is 2. The molecule has 1 heterocycles. The van der Waals surface area contributed by atoms with E-state index in [1.165, 1.54) is 6.92 Å². The van der Waals surface area contributed by atoms with Gasteiger partial charge < -0.3 is 10.1 Å². The fraction of sp³-hybridized carbons (Fsp3) is 0.500. The van der Waals surface area contributed by atoms with Crippen molar-refractivity contribution >= 4 is 23.3 Å². The lowest BCUT2D eigenvalue weighted by molar-refractivity contribution is -0.165. The fourth-order valence-electron chi connectivity index (χ4n) is 3.77. The maximum Gasteiger partial charge on any atom is 0.313 e. The maximum absolute atomic E-state index is 12.9. The zero-order chi connectivity index (χ0) is 17.0. The van der Waals surface area contributed by atoms with Crippen molar-refractivity contribution in [2.75, 3.05) is 5.32 Å². The van der Waals surface area contributed by atoms with Crippen molar-refractivity contribution in [1.82, 2.24) is 0 Å². The SMILES string of the molecule is CC(=O)c1ccc(NC(=O)[C@]23CC[C@@](C)(C(=O)O2)C3(C)C)cc1. The third-order valence-corrected chi connectivity index (χ3v) is 6.00. The summed E-state index contributed by atoms with van der Waals surface area (Å²) < 4.78 is 5.56. The number of anilines is 1. The van der Waals surface area contributed by atoms with Crippen molar-refractivity contribution < 1.29 is 19.1 Å². The van der Waals surface area contributed by atoms with Crippen LogP contribution in [0.3, 0.4) is 0 Å². The standard InChI is InChI=1S/C18H21NO4/c1-11(20)12-5-7-13(8-6-12)19-14(21)18-10-9-17(4,15(22)23-18)16(18,2)3/h5-8H,9-10H2,1-4H3,(H,19,21)/t17-,18-/m0/s1. The van der Waals surface area contributed by atoms with E-state index in [-0.39, 0.29) is 17.7 Å². The minimum Gasteiger partial charge on any atom is -0.448 e. The van der Waals surface area contributed by atoms with E-state index in [4.69, 9.17) is 4.74 Å². The summed E-state index contributed by atoms with van der Waals surface area (Å²) in [7, 11) is 0. The van der Waals surface area contributed by atoms with Crippen LogP contribution in [0.1, 0.15) is 50.9 Å². The first kappa shape index (κ1) is 15.7. The van der Waals surface area contributed by atoms with Crippen LogP contribution < -0.4 is 5.32 Å². The molecule has 1 saturated heterocycles. The Balaban J connectivity index is 1.86. The topological polar surface area (TPSA) is 72.5 Å². The smallest absolute Gasteiger partial charge is 0.313 e. The van der Waals surface area contributed by atoms with Crippen molar-refractivity contribution in [2.24, 2.45) is 10.8 Å². The fourth-order valence-corrected chi connectivity index (χ4v) is 3.77. The molecule has 1 aromatic carbocycles. The summed E-state index contributed by atoms with van der Waals surface area (Å²) in [5.41, 5.74) is -1.15. The highest BCUT2D eigenvalue weighted by Crippen LogP contribution is 2.65. The number of carbonyl (C=O) groups is 3. The Morgan fingerprint density at radius 1 is 1.09 bits per heavy atom. The molecule has 3 rings (SSSR count). The summed E-state index contributed by atoms with van der Waals surface area (Å²) in [6, 6.07) is 6.70. The van der Waals surface area contributed by atoms with Crippen molar-refractivity contribution in [1.29, 1.82) is 0 Å². The Kier molecular flexibility index (Phi) is 3.19. The molecule has 5 heteroatoms. The molecule has 2 bridgehead atoms. The lowest BCUT2D eigenvalue weighted by Crippen LogP contribution is -2.50. The van der Waals surface area contributed by atoms with E-state index in [0.29, 0.717) is 24.1 Å². The summed E-state index contributed by atoms with van der Waals surface area (Å²) in [5.74, 6) is -0.623. The third kappa shape index (κ3) is 1.89. The number of ketones is 1. The highest BCUT2D eigenvalue weighted by molar-refractivity contribution is 6.03. The minimum absolute atomic E-state index is 0.0288. The maximum atomic E-state index is 12.9. The van der Waals surface area contributed by atoms with Gasteiger partial charge in [-0.15, -0.1) is 0 Å². The van der Waals surface area contributed by atoms with Crippen molar-refractivity contribution in [3.63, 3.8) is 0 Å². The molecule has 1 aliphatic carbocycles. The number of nitrogens with one attached hydrogen (secondary N) is 1. The highest BCUT2D eigenvalue weighted by Gasteiger charge is 2.75. The normalized spacial score (nSPS) is 30.9. The molecule has 0 radical (unpaired) electrons. The number of amides is 1. The zero-order valence-corrected chi connectivity index (χ0v) is 13.9. The highest BCUT2D eigenvalue weighted by atomic mass is 16.6.